The first-order valence-electron chi connectivity index (χ1n) is 9.44. The highest BCUT2D eigenvalue weighted by atomic mass is 16.3. The molecule has 3 atom stereocenters. The normalized spacial score (nSPS) is 21.6. The second-order valence-corrected chi connectivity index (χ2v) is 7.30. The lowest BCUT2D eigenvalue weighted by molar-refractivity contribution is 0.0867. The largest absolute Gasteiger partial charge is 0.391 e. The van der Waals surface area contributed by atoms with Gasteiger partial charge in [0.1, 0.15) is 17.8 Å². The average molecular weight is 377 g/mol. The number of rotatable bonds is 5. The minimum atomic E-state index is -0.569. The molecule has 4 rings (SSSR count). The van der Waals surface area contributed by atoms with Crippen molar-refractivity contribution in [2.45, 2.75) is 38.5 Å². The lowest BCUT2D eigenvalue weighted by Crippen LogP contribution is -2.40. The van der Waals surface area contributed by atoms with Gasteiger partial charge in [0.15, 0.2) is 0 Å². The van der Waals surface area contributed by atoms with Gasteiger partial charge in [0.05, 0.1) is 12.1 Å². The van der Waals surface area contributed by atoms with Gasteiger partial charge in [-0.2, -0.15) is 0 Å². The standard InChI is InChI=1S/C21H23N5O2/c1-14-9-18(24-13-23-14)21(28)25-17-10-15(11-19(17)27)12-26-8-7-22-20(26)16-5-3-2-4-6-16/h2-9,13,15,17,19,27H,10-12H2,1H3,(H,25,28)/t15?,17-,19-/m1/s1. The average Bonchev–Trinajstić information content (AvgIpc) is 3.29. The van der Waals surface area contributed by atoms with E-state index in [9.17, 15) is 9.90 Å². The molecule has 1 amide bonds. The third-order valence-corrected chi connectivity index (χ3v) is 5.18. The number of hydrogen-bond donors (Lipinski definition) is 2. The van der Waals surface area contributed by atoms with Crippen molar-refractivity contribution in [3.8, 4) is 11.4 Å². The minimum absolute atomic E-state index is 0.254. The van der Waals surface area contributed by atoms with E-state index in [0.29, 0.717) is 18.5 Å². The van der Waals surface area contributed by atoms with Crippen LogP contribution in [0, 0.1) is 12.8 Å². The van der Waals surface area contributed by atoms with Crippen LogP contribution >= 0.6 is 0 Å². The van der Waals surface area contributed by atoms with Crippen LogP contribution in [-0.2, 0) is 6.54 Å². The van der Waals surface area contributed by atoms with Gasteiger partial charge in [0.25, 0.3) is 5.91 Å². The molecule has 0 aliphatic heterocycles. The van der Waals surface area contributed by atoms with Crippen molar-refractivity contribution in [1.82, 2.24) is 24.8 Å². The topological polar surface area (TPSA) is 92.9 Å². The molecule has 144 valence electrons. The number of nitrogens with zero attached hydrogens (tertiary/aromatic N) is 4. The van der Waals surface area contributed by atoms with Crippen molar-refractivity contribution in [2.24, 2.45) is 5.92 Å². The molecule has 1 aromatic carbocycles. The molecule has 1 aliphatic rings. The number of nitrogens with one attached hydrogen (secondary N) is 1. The number of benzene rings is 1. The zero-order valence-electron chi connectivity index (χ0n) is 15.7. The Kier molecular flexibility index (Phi) is 5.16. The highest BCUT2D eigenvalue weighted by molar-refractivity contribution is 5.92. The lowest BCUT2D eigenvalue weighted by atomic mass is 10.1. The molecule has 2 heterocycles. The summed E-state index contributed by atoms with van der Waals surface area (Å²) in [5.74, 6) is 0.894. The molecule has 7 heteroatoms. The number of carbonyl (C=O) groups is 1. The third kappa shape index (κ3) is 3.94. The summed E-state index contributed by atoms with van der Waals surface area (Å²) in [6.07, 6.45) is 5.92. The number of carbonyl (C=O) groups excluding carboxylic acids is 1. The van der Waals surface area contributed by atoms with Gasteiger partial charge in [-0.1, -0.05) is 30.3 Å². The molecule has 3 aromatic rings. The summed E-state index contributed by atoms with van der Waals surface area (Å²) in [5, 5.41) is 13.4. The van der Waals surface area contributed by atoms with Crippen LogP contribution in [0.2, 0.25) is 0 Å². The van der Waals surface area contributed by atoms with Crippen molar-refractivity contribution >= 4 is 5.91 Å². The maximum atomic E-state index is 12.4. The molecule has 7 nitrogen and oxygen atoms in total. The summed E-state index contributed by atoms with van der Waals surface area (Å²) in [6, 6.07) is 11.4. The first-order valence-corrected chi connectivity index (χ1v) is 9.44. The number of aryl methyl sites for hydroxylation is 1. The maximum Gasteiger partial charge on any atom is 0.270 e. The number of hydrogen-bond acceptors (Lipinski definition) is 5. The first kappa shape index (κ1) is 18.3. The highest BCUT2D eigenvalue weighted by Gasteiger charge is 2.34. The van der Waals surface area contributed by atoms with Gasteiger partial charge >= 0.3 is 0 Å². The summed E-state index contributed by atoms with van der Waals surface area (Å²) in [5.41, 5.74) is 2.12. The number of aliphatic hydroxyl groups excluding tert-OH is 1. The van der Waals surface area contributed by atoms with Crippen LogP contribution in [-0.4, -0.2) is 42.7 Å². The Morgan fingerprint density at radius 1 is 1.21 bits per heavy atom. The summed E-state index contributed by atoms with van der Waals surface area (Å²) < 4.78 is 2.12. The number of imidazole rings is 1. The van der Waals surface area contributed by atoms with Crippen molar-refractivity contribution in [3.63, 3.8) is 0 Å². The SMILES string of the molecule is Cc1cc(C(=O)N[C@@H]2CC(Cn3ccnc3-c3ccccc3)C[C@H]2O)ncn1. The Morgan fingerprint density at radius 2 is 2.04 bits per heavy atom. The van der Waals surface area contributed by atoms with Gasteiger partial charge in [-0.15, -0.1) is 0 Å². The summed E-state index contributed by atoms with van der Waals surface area (Å²) >= 11 is 0. The Labute approximate surface area is 163 Å². The molecule has 1 aliphatic carbocycles. The molecule has 1 unspecified atom stereocenters. The van der Waals surface area contributed by atoms with Crippen LogP contribution in [0.15, 0.2) is 55.1 Å². The highest BCUT2D eigenvalue weighted by Crippen LogP contribution is 2.29. The van der Waals surface area contributed by atoms with E-state index in [-0.39, 0.29) is 17.9 Å². The van der Waals surface area contributed by atoms with E-state index in [0.717, 1.165) is 23.6 Å². The Morgan fingerprint density at radius 3 is 2.82 bits per heavy atom. The van der Waals surface area contributed by atoms with E-state index in [1.54, 1.807) is 12.3 Å². The maximum absolute atomic E-state index is 12.4. The van der Waals surface area contributed by atoms with E-state index in [1.807, 2.05) is 43.5 Å². The molecule has 28 heavy (non-hydrogen) atoms. The molecule has 0 bridgehead atoms. The molecular formula is C21H23N5O2. The fourth-order valence-electron chi connectivity index (χ4n) is 3.83. The summed E-state index contributed by atoms with van der Waals surface area (Å²) in [7, 11) is 0. The summed E-state index contributed by atoms with van der Waals surface area (Å²) in [4.78, 5) is 24.9. The van der Waals surface area contributed by atoms with Crippen LogP contribution in [0.5, 0.6) is 0 Å². The molecule has 0 saturated heterocycles. The fourth-order valence-corrected chi connectivity index (χ4v) is 3.83. The molecule has 2 aromatic heterocycles. The van der Waals surface area contributed by atoms with Crippen molar-refractivity contribution in [3.05, 3.63) is 66.5 Å². The van der Waals surface area contributed by atoms with E-state index < -0.39 is 6.10 Å². The molecule has 0 spiro atoms. The number of aliphatic hydroxyl groups is 1. The van der Waals surface area contributed by atoms with Crippen molar-refractivity contribution in [2.75, 3.05) is 0 Å². The molecular weight excluding hydrogens is 354 g/mol. The van der Waals surface area contributed by atoms with Crippen molar-refractivity contribution in [1.29, 1.82) is 0 Å². The van der Waals surface area contributed by atoms with E-state index in [2.05, 4.69) is 24.8 Å². The van der Waals surface area contributed by atoms with Gasteiger partial charge in [-0.3, -0.25) is 4.79 Å². The Balaban J connectivity index is 1.41. The number of amides is 1. The summed E-state index contributed by atoms with van der Waals surface area (Å²) in [6.45, 7) is 2.56. The Hall–Kier alpha value is -3.06. The monoisotopic (exact) mass is 377 g/mol. The van der Waals surface area contributed by atoms with Crippen LogP contribution in [0.25, 0.3) is 11.4 Å². The third-order valence-electron chi connectivity index (χ3n) is 5.18. The molecule has 0 radical (unpaired) electrons. The zero-order chi connectivity index (χ0) is 19.5. The molecule has 1 saturated carbocycles. The Bertz CT molecular complexity index is 956. The number of aromatic nitrogens is 4. The quantitative estimate of drug-likeness (QED) is 0.711. The van der Waals surface area contributed by atoms with Crippen molar-refractivity contribution < 1.29 is 9.90 Å². The molecule has 2 N–H and O–H groups in total. The van der Waals surface area contributed by atoms with Gasteiger partial charge in [0, 0.05) is 30.2 Å². The van der Waals surface area contributed by atoms with E-state index >= 15 is 0 Å². The fraction of sp³-hybridized carbons (Fsp3) is 0.333. The predicted molar refractivity (Wildman–Crippen MR) is 104 cm³/mol. The smallest absolute Gasteiger partial charge is 0.270 e. The van der Waals surface area contributed by atoms with E-state index in [1.165, 1.54) is 6.33 Å². The van der Waals surface area contributed by atoms with Crippen LogP contribution in [0.3, 0.4) is 0 Å². The minimum Gasteiger partial charge on any atom is -0.391 e. The first-order chi connectivity index (χ1) is 13.6. The van der Waals surface area contributed by atoms with Gasteiger partial charge in [-0.25, -0.2) is 15.0 Å². The van der Waals surface area contributed by atoms with Gasteiger partial charge < -0.3 is 15.0 Å². The van der Waals surface area contributed by atoms with Crippen LogP contribution < -0.4 is 5.32 Å². The van der Waals surface area contributed by atoms with Crippen LogP contribution in [0.4, 0.5) is 0 Å². The van der Waals surface area contributed by atoms with Gasteiger partial charge in [-0.05, 0) is 31.7 Å². The predicted octanol–water partition coefficient (Wildman–Crippen LogP) is 2.22. The van der Waals surface area contributed by atoms with E-state index in [4.69, 9.17) is 0 Å². The second kappa shape index (κ2) is 7.90. The lowest BCUT2D eigenvalue weighted by Gasteiger charge is -2.16. The molecule has 1 fully saturated rings. The van der Waals surface area contributed by atoms with Gasteiger partial charge in [0.2, 0.25) is 0 Å². The van der Waals surface area contributed by atoms with Crippen LogP contribution in [0.1, 0.15) is 29.0 Å². The second-order valence-electron chi connectivity index (χ2n) is 7.30. The zero-order valence-corrected chi connectivity index (χ0v) is 15.7.